The van der Waals surface area contributed by atoms with Crippen LogP contribution in [0.25, 0.3) is 0 Å². The minimum Gasteiger partial charge on any atom is -0.340 e. The van der Waals surface area contributed by atoms with Gasteiger partial charge in [0.05, 0.1) is 0 Å². The van der Waals surface area contributed by atoms with Gasteiger partial charge in [0.15, 0.2) is 0 Å². The van der Waals surface area contributed by atoms with Gasteiger partial charge in [0, 0.05) is 22.9 Å². The average molecular weight is 304 g/mol. The van der Waals surface area contributed by atoms with Crippen LogP contribution >= 0.6 is 11.6 Å². The zero-order valence-electron chi connectivity index (χ0n) is 11.7. The lowest BCUT2D eigenvalue weighted by Gasteiger charge is -2.25. The second-order valence-corrected chi connectivity index (χ2v) is 5.68. The molecule has 1 aromatic carbocycles. The number of benzene rings is 1. The maximum atomic E-state index is 12.4. The molecule has 2 N–H and O–H groups in total. The molecule has 5 heteroatoms. The molecule has 0 atom stereocenters. The molecule has 1 aromatic heterocycles. The molecule has 0 saturated carbocycles. The molecule has 0 spiro atoms. The Hall–Kier alpha value is -1.78. The van der Waals surface area contributed by atoms with E-state index in [0.29, 0.717) is 16.8 Å². The first-order valence-electron chi connectivity index (χ1n) is 7.18. The van der Waals surface area contributed by atoms with E-state index in [1.807, 2.05) is 18.3 Å². The van der Waals surface area contributed by atoms with Gasteiger partial charge in [-0.15, -0.1) is 0 Å². The van der Waals surface area contributed by atoms with Crippen molar-refractivity contribution in [3.8, 4) is 0 Å². The molecule has 2 heterocycles. The number of rotatable bonds is 3. The minimum absolute atomic E-state index is 0.0825. The monoisotopic (exact) mass is 303 g/mol. The van der Waals surface area contributed by atoms with Crippen LogP contribution in [-0.2, 0) is 0 Å². The number of piperidine rings is 1. The van der Waals surface area contributed by atoms with Crippen LogP contribution < -0.4 is 10.6 Å². The summed E-state index contributed by atoms with van der Waals surface area (Å²) in [5, 5.41) is 6.92. The van der Waals surface area contributed by atoms with E-state index in [1.54, 1.807) is 24.3 Å². The lowest BCUT2D eigenvalue weighted by Crippen LogP contribution is -2.31. The third kappa shape index (κ3) is 3.28. The summed E-state index contributed by atoms with van der Waals surface area (Å²) in [5.41, 5.74) is 1.46. The summed E-state index contributed by atoms with van der Waals surface area (Å²) in [6, 6.07) is 11.3. The molecule has 0 aliphatic carbocycles. The van der Waals surface area contributed by atoms with E-state index in [9.17, 15) is 4.79 Å². The molecule has 1 amide bonds. The Bertz CT molecular complexity index is 615. The first-order chi connectivity index (χ1) is 10.2. The van der Waals surface area contributed by atoms with Crippen LogP contribution in [-0.4, -0.2) is 23.6 Å². The molecule has 1 aliphatic heterocycles. The SMILES string of the molecule is O=C(Nc1ccc(Cl)cc1)c1cccn1C1CCNCC1. The van der Waals surface area contributed by atoms with E-state index in [4.69, 9.17) is 11.6 Å². The molecular formula is C16H18ClN3O. The zero-order chi connectivity index (χ0) is 14.7. The van der Waals surface area contributed by atoms with Gasteiger partial charge < -0.3 is 15.2 Å². The van der Waals surface area contributed by atoms with Crippen molar-refractivity contribution >= 4 is 23.2 Å². The van der Waals surface area contributed by atoms with Gasteiger partial charge in [0.2, 0.25) is 0 Å². The molecule has 1 saturated heterocycles. The molecule has 0 radical (unpaired) electrons. The van der Waals surface area contributed by atoms with Crippen molar-refractivity contribution in [1.82, 2.24) is 9.88 Å². The first-order valence-corrected chi connectivity index (χ1v) is 7.56. The highest BCUT2D eigenvalue weighted by Gasteiger charge is 2.19. The number of nitrogens with one attached hydrogen (secondary N) is 2. The zero-order valence-corrected chi connectivity index (χ0v) is 12.4. The predicted molar refractivity (Wildman–Crippen MR) is 85.0 cm³/mol. The third-order valence-corrected chi connectivity index (χ3v) is 4.07. The van der Waals surface area contributed by atoms with Crippen LogP contribution in [0.15, 0.2) is 42.6 Å². The van der Waals surface area contributed by atoms with Crippen LogP contribution in [0.1, 0.15) is 29.4 Å². The largest absolute Gasteiger partial charge is 0.340 e. The Labute approximate surface area is 129 Å². The fourth-order valence-electron chi connectivity index (χ4n) is 2.72. The fourth-order valence-corrected chi connectivity index (χ4v) is 2.84. The Balaban J connectivity index is 1.75. The molecule has 1 fully saturated rings. The van der Waals surface area contributed by atoms with Crippen molar-refractivity contribution in [2.24, 2.45) is 0 Å². The van der Waals surface area contributed by atoms with Gasteiger partial charge in [-0.3, -0.25) is 4.79 Å². The van der Waals surface area contributed by atoms with Crippen LogP contribution in [0.4, 0.5) is 5.69 Å². The first kappa shape index (κ1) is 14.2. The second-order valence-electron chi connectivity index (χ2n) is 5.24. The smallest absolute Gasteiger partial charge is 0.272 e. The number of nitrogens with zero attached hydrogens (tertiary/aromatic N) is 1. The second kappa shape index (κ2) is 6.33. The Morgan fingerprint density at radius 1 is 1.19 bits per heavy atom. The van der Waals surface area contributed by atoms with E-state index >= 15 is 0 Å². The van der Waals surface area contributed by atoms with E-state index in [1.165, 1.54) is 0 Å². The quantitative estimate of drug-likeness (QED) is 0.913. The van der Waals surface area contributed by atoms with Crippen molar-refractivity contribution in [3.63, 3.8) is 0 Å². The van der Waals surface area contributed by atoms with E-state index in [-0.39, 0.29) is 5.91 Å². The fraction of sp³-hybridized carbons (Fsp3) is 0.312. The summed E-state index contributed by atoms with van der Waals surface area (Å²) < 4.78 is 2.09. The lowest BCUT2D eigenvalue weighted by atomic mass is 10.1. The van der Waals surface area contributed by atoms with Gasteiger partial charge >= 0.3 is 0 Å². The molecule has 0 bridgehead atoms. The van der Waals surface area contributed by atoms with E-state index in [0.717, 1.165) is 31.6 Å². The van der Waals surface area contributed by atoms with Gasteiger partial charge in [0.25, 0.3) is 5.91 Å². The molecule has 0 unspecified atom stereocenters. The Morgan fingerprint density at radius 3 is 2.62 bits per heavy atom. The van der Waals surface area contributed by atoms with Gasteiger partial charge in [-0.2, -0.15) is 0 Å². The van der Waals surface area contributed by atoms with E-state index in [2.05, 4.69) is 15.2 Å². The van der Waals surface area contributed by atoms with Crippen LogP contribution in [0, 0.1) is 0 Å². The van der Waals surface area contributed by atoms with Gasteiger partial charge in [-0.1, -0.05) is 11.6 Å². The number of anilines is 1. The number of carbonyl (C=O) groups is 1. The highest BCUT2D eigenvalue weighted by molar-refractivity contribution is 6.30. The number of hydrogen-bond acceptors (Lipinski definition) is 2. The number of hydrogen-bond donors (Lipinski definition) is 2. The number of halogens is 1. The van der Waals surface area contributed by atoms with Crippen molar-refractivity contribution in [3.05, 3.63) is 53.3 Å². The minimum atomic E-state index is -0.0825. The predicted octanol–water partition coefficient (Wildman–Crippen LogP) is 3.32. The molecular weight excluding hydrogens is 286 g/mol. The van der Waals surface area contributed by atoms with Crippen LogP contribution in [0.2, 0.25) is 5.02 Å². The van der Waals surface area contributed by atoms with Gasteiger partial charge in [-0.25, -0.2) is 0 Å². The molecule has 1 aliphatic rings. The van der Waals surface area contributed by atoms with Gasteiger partial charge in [-0.05, 0) is 62.3 Å². The van der Waals surface area contributed by atoms with Crippen molar-refractivity contribution in [1.29, 1.82) is 0 Å². The Kier molecular flexibility index (Phi) is 4.27. The number of carbonyl (C=O) groups excluding carboxylic acids is 1. The normalized spacial score (nSPS) is 15.9. The Morgan fingerprint density at radius 2 is 1.90 bits per heavy atom. The number of amides is 1. The van der Waals surface area contributed by atoms with E-state index < -0.39 is 0 Å². The van der Waals surface area contributed by atoms with Crippen LogP contribution in [0.3, 0.4) is 0 Å². The summed E-state index contributed by atoms with van der Waals surface area (Å²) in [6.45, 7) is 2.00. The standard InChI is InChI=1S/C16H18ClN3O/c17-12-3-5-13(6-4-12)19-16(21)15-2-1-11-20(15)14-7-9-18-10-8-14/h1-6,11,14,18H,7-10H2,(H,19,21). The summed E-state index contributed by atoms with van der Waals surface area (Å²) in [4.78, 5) is 12.4. The molecule has 21 heavy (non-hydrogen) atoms. The topological polar surface area (TPSA) is 46.1 Å². The van der Waals surface area contributed by atoms with Crippen LogP contribution in [0.5, 0.6) is 0 Å². The van der Waals surface area contributed by atoms with Crippen molar-refractivity contribution in [2.75, 3.05) is 18.4 Å². The summed E-state index contributed by atoms with van der Waals surface area (Å²) in [6.07, 6.45) is 4.10. The highest BCUT2D eigenvalue weighted by Crippen LogP contribution is 2.22. The summed E-state index contributed by atoms with van der Waals surface area (Å²) in [7, 11) is 0. The highest BCUT2D eigenvalue weighted by atomic mass is 35.5. The average Bonchev–Trinajstić information content (AvgIpc) is 3.00. The lowest BCUT2D eigenvalue weighted by molar-refractivity contribution is 0.101. The van der Waals surface area contributed by atoms with Gasteiger partial charge in [0.1, 0.15) is 5.69 Å². The molecule has 4 nitrogen and oxygen atoms in total. The maximum absolute atomic E-state index is 12.4. The summed E-state index contributed by atoms with van der Waals surface area (Å²) >= 11 is 5.85. The molecule has 3 rings (SSSR count). The van der Waals surface area contributed by atoms with Crippen molar-refractivity contribution < 1.29 is 4.79 Å². The van der Waals surface area contributed by atoms with Crippen molar-refractivity contribution in [2.45, 2.75) is 18.9 Å². The molecule has 110 valence electrons. The summed E-state index contributed by atoms with van der Waals surface area (Å²) in [5.74, 6) is -0.0825. The number of aromatic nitrogens is 1. The third-order valence-electron chi connectivity index (χ3n) is 3.82. The maximum Gasteiger partial charge on any atom is 0.272 e. The molecule has 2 aromatic rings.